The Morgan fingerprint density at radius 2 is 1.95 bits per heavy atom. The lowest BCUT2D eigenvalue weighted by Crippen LogP contribution is -2.49. The van der Waals surface area contributed by atoms with Gasteiger partial charge in [0.15, 0.2) is 0 Å². The second-order valence-corrected chi connectivity index (χ2v) is 9.18. The van der Waals surface area contributed by atoms with Gasteiger partial charge in [-0.05, 0) is 35.8 Å². The van der Waals surface area contributed by atoms with Gasteiger partial charge in [0.05, 0.1) is 18.1 Å². The van der Waals surface area contributed by atoms with E-state index in [4.69, 9.17) is 0 Å². The van der Waals surface area contributed by atoms with Crippen molar-refractivity contribution >= 4 is 30.3 Å². The Balaban J connectivity index is 0.00000320. The smallest absolute Gasteiger partial charge is 0.406 e. The van der Waals surface area contributed by atoms with Crippen molar-refractivity contribution in [2.75, 3.05) is 26.2 Å². The molecule has 0 spiro atoms. The van der Waals surface area contributed by atoms with Crippen LogP contribution >= 0.6 is 12.4 Å². The molecule has 1 aromatic heterocycles. The Bertz CT molecular complexity index is 1190. The van der Waals surface area contributed by atoms with E-state index in [0.29, 0.717) is 44.7 Å². The third-order valence-corrected chi connectivity index (χ3v) is 6.85. The van der Waals surface area contributed by atoms with Crippen LogP contribution in [-0.2, 0) is 22.6 Å². The molecule has 2 atom stereocenters. The number of fused-ring (bicyclic) bond motifs is 2. The van der Waals surface area contributed by atoms with Crippen molar-refractivity contribution in [1.82, 2.24) is 25.1 Å². The van der Waals surface area contributed by atoms with Crippen molar-refractivity contribution in [3.63, 3.8) is 0 Å². The molecule has 2 amide bonds. The minimum atomic E-state index is -4.74. The summed E-state index contributed by atoms with van der Waals surface area (Å²) in [6.45, 7) is 2.80. The van der Waals surface area contributed by atoms with Crippen molar-refractivity contribution in [2.24, 2.45) is 5.92 Å². The van der Waals surface area contributed by atoms with Crippen LogP contribution in [0.5, 0.6) is 5.75 Å². The van der Waals surface area contributed by atoms with Gasteiger partial charge in [0.25, 0.3) is 0 Å². The van der Waals surface area contributed by atoms with E-state index in [2.05, 4.69) is 20.0 Å². The monoisotopic (exact) mass is 537 g/mol. The summed E-state index contributed by atoms with van der Waals surface area (Å²) in [6, 6.07) is 5.06. The summed E-state index contributed by atoms with van der Waals surface area (Å²) in [4.78, 5) is 36.8. The van der Waals surface area contributed by atoms with Crippen LogP contribution in [0.2, 0.25) is 0 Å². The van der Waals surface area contributed by atoms with Crippen LogP contribution in [-0.4, -0.2) is 70.2 Å². The van der Waals surface area contributed by atoms with Gasteiger partial charge in [0, 0.05) is 56.8 Å². The standard InChI is InChI=1S/C25H26F3N5O3.ClH/c26-25(27,28)36-19-4-1-16(2-5-19)3-6-23(34)32-9-7-17-13-33(14-18(17)8-10-32)24(35)21-11-20-22(12-29-21)31-15-30-20;/h1-7,15,18,21,29H,8-14H2,(H,30,31);1H/b6-3+;/t18-,21?;/m1./s1. The molecule has 0 saturated carbocycles. The zero-order valence-electron chi connectivity index (χ0n) is 19.8. The largest absolute Gasteiger partial charge is 0.573 e. The molecular weight excluding hydrogens is 511 g/mol. The van der Waals surface area contributed by atoms with Crippen molar-refractivity contribution in [3.05, 3.63) is 65.3 Å². The highest BCUT2D eigenvalue weighted by Crippen LogP contribution is 2.29. The molecule has 8 nitrogen and oxygen atoms in total. The zero-order valence-corrected chi connectivity index (χ0v) is 20.6. The fourth-order valence-corrected chi connectivity index (χ4v) is 4.93. The highest BCUT2D eigenvalue weighted by Gasteiger charge is 2.36. The summed E-state index contributed by atoms with van der Waals surface area (Å²) >= 11 is 0. The molecule has 198 valence electrons. The predicted octanol–water partition coefficient (Wildman–Crippen LogP) is 3.07. The van der Waals surface area contributed by atoms with Gasteiger partial charge in [-0.2, -0.15) is 0 Å². The van der Waals surface area contributed by atoms with Gasteiger partial charge in [0.2, 0.25) is 11.8 Å². The number of ether oxygens (including phenoxy) is 1. The maximum Gasteiger partial charge on any atom is 0.573 e. The van der Waals surface area contributed by atoms with Gasteiger partial charge in [-0.1, -0.05) is 18.2 Å². The van der Waals surface area contributed by atoms with Crippen molar-refractivity contribution < 1.29 is 27.5 Å². The maximum atomic E-state index is 13.1. The fourth-order valence-electron chi connectivity index (χ4n) is 4.93. The average molecular weight is 538 g/mol. The SMILES string of the molecule is Cl.O=C(/C=C/c1ccc(OC(F)(F)F)cc1)N1CC=C2CN(C(=O)C3Cc4[nH]cnc4CN3)C[C@H]2CC1. The molecule has 1 fully saturated rings. The minimum absolute atomic E-state index is 0. The molecular formula is C25H27ClF3N5O3. The summed E-state index contributed by atoms with van der Waals surface area (Å²) in [5.41, 5.74) is 3.74. The second-order valence-electron chi connectivity index (χ2n) is 9.18. The first-order valence-electron chi connectivity index (χ1n) is 11.8. The van der Waals surface area contributed by atoms with Gasteiger partial charge in [-0.15, -0.1) is 25.6 Å². The summed E-state index contributed by atoms with van der Waals surface area (Å²) in [5.74, 6) is -0.165. The fraction of sp³-hybridized carbons (Fsp3) is 0.400. The summed E-state index contributed by atoms with van der Waals surface area (Å²) < 4.78 is 40.7. The highest BCUT2D eigenvalue weighted by atomic mass is 35.5. The van der Waals surface area contributed by atoms with E-state index in [9.17, 15) is 22.8 Å². The number of aromatic amines is 1. The molecule has 1 unspecified atom stereocenters. The molecule has 3 aliphatic rings. The van der Waals surface area contributed by atoms with Gasteiger partial charge >= 0.3 is 6.36 Å². The first kappa shape index (κ1) is 26.7. The normalized spacial score (nSPS) is 21.5. The van der Waals surface area contributed by atoms with Crippen LogP contribution in [0.15, 0.2) is 48.3 Å². The molecule has 3 aliphatic heterocycles. The van der Waals surface area contributed by atoms with Crippen molar-refractivity contribution in [3.8, 4) is 5.75 Å². The quantitative estimate of drug-likeness (QED) is 0.462. The molecule has 0 aliphatic carbocycles. The van der Waals surface area contributed by atoms with Gasteiger partial charge in [-0.25, -0.2) is 4.98 Å². The summed E-state index contributed by atoms with van der Waals surface area (Å²) in [5, 5.41) is 3.28. The number of alkyl halides is 3. The Morgan fingerprint density at radius 1 is 1.16 bits per heavy atom. The molecule has 0 bridgehead atoms. The molecule has 0 radical (unpaired) electrons. The number of amides is 2. The van der Waals surface area contributed by atoms with Crippen LogP contribution in [0.25, 0.3) is 6.08 Å². The van der Waals surface area contributed by atoms with Crippen LogP contribution in [0.3, 0.4) is 0 Å². The number of H-pyrrole nitrogens is 1. The van der Waals surface area contributed by atoms with Crippen LogP contribution in [0.4, 0.5) is 13.2 Å². The number of aromatic nitrogens is 2. The van der Waals surface area contributed by atoms with Crippen LogP contribution in [0.1, 0.15) is 23.4 Å². The Hall–Kier alpha value is -3.31. The van der Waals surface area contributed by atoms with E-state index in [1.807, 2.05) is 11.0 Å². The van der Waals surface area contributed by atoms with Gasteiger partial charge in [-0.3, -0.25) is 14.9 Å². The number of benzene rings is 1. The van der Waals surface area contributed by atoms with E-state index in [1.165, 1.54) is 35.9 Å². The Labute approximate surface area is 218 Å². The molecule has 1 saturated heterocycles. The lowest BCUT2D eigenvalue weighted by Gasteiger charge is -2.27. The van der Waals surface area contributed by atoms with Gasteiger partial charge < -0.3 is 19.5 Å². The third-order valence-electron chi connectivity index (χ3n) is 6.85. The van der Waals surface area contributed by atoms with E-state index in [0.717, 1.165) is 17.8 Å². The summed E-state index contributed by atoms with van der Waals surface area (Å²) in [7, 11) is 0. The average Bonchev–Trinajstić information content (AvgIpc) is 3.44. The van der Waals surface area contributed by atoms with E-state index in [-0.39, 0.29) is 41.9 Å². The molecule has 5 rings (SSSR count). The Kier molecular flexibility index (Phi) is 7.93. The molecule has 1 aromatic carbocycles. The molecule has 2 N–H and O–H groups in total. The van der Waals surface area contributed by atoms with E-state index in [1.54, 1.807) is 17.3 Å². The predicted molar refractivity (Wildman–Crippen MR) is 132 cm³/mol. The number of hydrogen-bond donors (Lipinski definition) is 2. The number of nitrogens with zero attached hydrogens (tertiary/aromatic N) is 3. The van der Waals surface area contributed by atoms with E-state index >= 15 is 0 Å². The zero-order chi connectivity index (χ0) is 25.3. The first-order valence-corrected chi connectivity index (χ1v) is 11.8. The minimum Gasteiger partial charge on any atom is -0.406 e. The topological polar surface area (TPSA) is 90.6 Å². The number of likely N-dealkylation sites (tertiary alicyclic amines) is 1. The number of rotatable bonds is 4. The maximum absolute atomic E-state index is 13.1. The molecule has 37 heavy (non-hydrogen) atoms. The third kappa shape index (κ3) is 6.34. The van der Waals surface area contributed by atoms with E-state index < -0.39 is 6.36 Å². The van der Waals surface area contributed by atoms with Crippen LogP contribution in [0, 0.1) is 5.92 Å². The number of imidazole rings is 1. The molecule has 12 heteroatoms. The second kappa shape index (κ2) is 11.0. The van der Waals surface area contributed by atoms with Crippen molar-refractivity contribution in [1.29, 1.82) is 0 Å². The van der Waals surface area contributed by atoms with Crippen molar-refractivity contribution in [2.45, 2.75) is 31.8 Å². The highest BCUT2D eigenvalue weighted by molar-refractivity contribution is 5.92. The number of carbonyl (C=O) groups is 2. The number of nitrogens with one attached hydrogen (secondary N) is 2. The first-order chi connectivity index (χ1) is 17.2. The lowest BCUT2D eigenvalue weighted by atomic mass is 10.00. The van der Waals surface area contributed by atoms with Gasteiger partial charge in [0.1, 0.15) is 5.75 Å². The number of halogens is 4. The number of carbonyl (C=O) groups excluding carboxylic acids is 2. The Morgan fingerprint density at radius 3 is 2.70 bits per heavy atom. The molecule has 4 heterocycles. The lowest BCUT2D eigenvalue weighted by molar-refractivity contribution is -0.274. The van der Waals surface area contributed by atoms with Crippen LogP contribution < -0.4 is 10.1 Å². The molecule has 2 aromatic rings. The summed E-state index contributed by atoms with van der Waals surface area (Å²) in [6.07, 6.45) is 3.32. The number of hydrogen-bond acceptors (Lipinski definition) is 5.